The molecule has 6 nitrogen and oxygen atoms in total. The van der Waals surface area contributed by atoms with Crippen LogP contribution in [-0.2, 0) is 0 Å². The van der Waals surface area contributed by atoms with Crippen molar-refractivity contribution in [2.24, 2.45) is 0 Å². The van der Waals surface area contributed by atoms with Gasteiger partial charge in [-0.1, -0.05) is 23.2 Å². The van der Waals surface area contributed by atoms with Crippen LogP contribution >= 0.6 is 55.1 Å². The molecule has 0 aliphatic carbocycles. The second-order valence-electron chi connectivity index (χ2n) is 3.74. The van der Waals surface area contributed by atoms with Crippen molar-refractivity contribution in [3.8, 4) is 11.6 Å². The smallest absolute Gasteiger partial charge is 0.271 e. The highest BCUT2D eigenvalue weighted by atomic mass is 79.9. The van der Waals surface area contributed by atoms with Gasteiger partial charge in [0.15, 0.2) is 5.75 Å². The van der Waals surface area contributed by atoms with Crippen molar-refractivity contribution < 1.29 is 9.66 Å². The molecule has 1 heterocycles. The molecule has 0 saturated carbocycles. The summed E-state index contributed by atoms with van der Waals surface area (Å²) in [7, 11) is 0. The lowest BCUT2D eigenvalue weighted by atomic mass is 10.3. The van der Waals surface area contributed by atoms with Crippen molar-refractivity contribution in [3.63, 3.8) is 0 Å². The van der Waals surface area contributed by atoms with E-state index in [4.69, 9.17) is 33.7 Å². The van der Waals surface area contributed by atoms with E-state index in [0.29, 0.717) is 8.95 Å². The molecule has 0 atom stereocenters. The van der Waals surface area contributed by atoms with Crippen molar-refractivity contribution in [1.29, 1.82) is 0 Å². The fourth-order valence-corrected chi connectivity index (χ4v) is 3.10. The van der Waals surface area contributed by atoms with E-state index in [1.54, 1.807) is 0 Å². The number of nitrogens with zero attached hydrogens (tertiary/aromatic N) is 2. The summed E-state index contributed by atoms with van der Waals surface area (Å²) in [5, 5.41) is 11.1. The maximum absolute atomic E-state index is 10.8. The summed E-state index contributed by atoms with van der Waals surface area (Å²) >= 11 is 18.1. The molecule has 2 aromatic rings. The molecule has 0 fully saturated rings. The monoisotopic (exact) mass is 455 g/mol. The van der Waals surface area contributed by atoms with Crippen LogP contribution in [0.15, 0.2) is 27.1 Å². The van der Waals surface area contributed by atoms with Crippen molar-refractivity contribution >= 4 is 66.6 Å². The quantitative estimate of drug-likeness (QED) is 0.505. The topological polar surface area (TPSA) is 91.3 Å². The number of pyridine rings is 1. The van der Waals surface area contributed by atoms with E-state index in [9.17, 15) is 10.1 Å². The van der Waals surface area contributed by atoms with Gasteiger partial charge in [0.25, 0.3) is 5.69 Å². The van der Waals surface area contributed by atoms with Gasteiger partial charge in [-0.3, -0.25) is 10.1 Å². The van der Waals surface area contributed by atoms with Gasteiger partial charge in [0.2, 0.25) is 5.88 Å². The van der Waals surface area contributed by atoms with Crippen LogP contribution in [0.4, 0.5) is 11.5 Å². The predicted octanol–water partition coefficient (Wildman–Crippen LogP) is 5.20. The molecule has 0 aliphatic rings. The summed E-state index contributed by atoms with van der Waals surface area (Å²) < 4.78 is 6.26. The van der Waals surface area contributed by atoms with E-state index in [2.05, 4.69) is 36.8 Å². The third-order valence-corrected chi connectivity index (χ3v) is 4.07. The second-order valence-corrected chi connectivity index (χ2v) is 6.26. The number of aromatic nitrogens is 1. The number of anilines is 1. The van der Waals surface area contributed by atoms with E-state index in [1.807, 2.05) is 0 Å². The Morgan fingerprint density at radius 2 is 1.76 bits per heavy atom. The SMILES string of the molecule is Nc1nc(Oc2c(Br)cc([N+](=O)[O-])cc2Br)c(Cl)cc1Cl. The van der Waals surface area contributed by atoms with Crippen LogP contribution in [0, 0.1) is 10.1 Å². The standard InChI is InChI=1S/C11H5Br2Cl2N3O3/c12-5-1-4(18(19)20)2-6(13)9(5)21-11-8(15)3-7(14)10(16)17-11/h1-3H,(H2,16,17). The number of non-ortho nitro benzene ring substituents is 1. The second kappa shape index (κ2) is 6.35. The summed E-state index contributed by atoms with van der Waals surface area (Å²) in [5.74, 6) is 0.371. The zero-order valence-electron chi connectivity index (χ0n) is 9.94. The van der Waals surface area contributed by atoms with Crippen LogP contribution < -0.4 is 10.5 Å². The first kappa shape index (κ1) is 16.3. The molecule has 21 heavy (non-hydrogen) atoms. The highest BCUT2D eigenvalue weighted by molar-refractivity contribution is 9.11. The Bertz CT molecular complexity index is 720. The molecule has 2 N–H and O–H groups in total. The minimum absolute atomic E-state index is 0.0359. The molecule has 0 radical (unpaired) electrons. The van der Waals surface area contributed by atoms with Crippen LogP contribution in [0.5, 0.6) is 11.6 Å². The van der Waals surface area contributed by atoms with Gasteiger partial charge in [-0.15, -0.1) is 0 Å². The zero-order chi connectivity index (χ0) is 15.7. The number of rotatable bonds is 3. The van der Waals surface area contributed by atoms with Crippen molar-refractivity contribution in [1.82, 2.24) is 4.98 Å². The largest absolute Gasteiger partial charge is 0.435 e. The molecule has 10 heteroatoms. The lowest BCUT2D eigenvalue weighted by Gasteiger charge is -2.11. The molecule has 110 valence electrons. The first-order valence-corrected chi connectivity index (χ1v) is 7.56. The molecule has 0 saturated heterocycles. The zero-order valence-corrected chi connectivity index (χ0v) is 14.6. The van der Waals surface area contributed by atoms with Crippen molar-refractivity contribution in [2.75, 3.05) is 5.73 Å². The maximum Gasteiger partial charge on any atom is 0.271 e. The average molecular weight is 458 g/mol. The first-order valence-electron chi connectivity index (χ1n) is 5.22. The number of nitro benzene ring substituents is 1. The molecular weight excluding hydrogens is 453 g/mol. The molecule has 0 aliphatic heterocycles. The van der Waals surface area contributed by atoms with Crippen LogP contribution in [0.25, 0.3) is 0 Å². The number of nitrogen functional groups attached to an aromatic ring is 1. The average Bonchev–Trinajstić information content (AvgIpc) is 2.39. The predicted molar refractivity (Wildman–Crippen MR) is 87.2 cm³/mol. The van der Waals surface area contributed by atoms with E-state index in [0.717, 1.165) is 0 Å². The van der Waals surface area contributed by atoms with Crippen molar-refractivity contribution in [2.45, 2.75) is 0 Å². The Balaban J connectivity index is 2.45. The number of benzene rings is 1. The van der Waals surface area contributed by atoms with Crippen LogP contribution in [-0.4, -0.2) is 9.91 Å². The fraction of sp³-hybridized carbons (Fsp3) is 0. The summed E-state index contributed by atoms with van der Waals surface area (Å²) in [6.45, 7) is 0. The number of hydrogen-bond acceptors (Lipinski definition) is 5. The highest BCUT2D eigenvalue weighted by Gasteiger charge is 2.18. The van der Waals surface area contributed by atoms with Gasteiger partial charge < -0.3 is 10.5 Å². The number of hydrogen-bond donors (Lipinski definition) is 1. The molecule has 0 spiro atoms. The molecule has 1 aromatic carbocycles. The van der Waals surface area contributed by atoms with Gasteiger partial charge in [0, 0.05) is 12.1 Å². The summed E-state index contributed by atoms with van der Waals surface area (Å²) in [6.07, 6.45) is 0. The summed E-state index contributed by atoms with van der Waals surface area (Å²) in [6, 6.07) is 3.99. The third kappa shape index (κ3) is 3.57. The minimum atomic E-state index is -0.523. The van der Waals surface area contributed by atoms with Crippen LogP contribution in [0.2, 0.25) is 10.0 Å². The minimum Gasteiger partial charge on any atom is -0.435 e. The highest BCUT2D eigenvalue weighted by Crippen LogP contribution is 2.41. The first-order chi connectivity index (χ1) is 9.79. The van der Waals surface area contributed by atoms with Gasteiger partial charge in [-0.2, -0.15) is 4.98 Å². The number of halogens is 4. The van der Waals surface area contributed by atoms with Gasteiger partial charge in [0.1, 0.15) is 10.8 Å². The van der Waals surface area contributed by atoms with E-state index >= 15 is 0 Å². The Morgan fingerprint density at radius 1 is 1.19 bits per heavy atom. The van der Waals surface area contributed by atoms with E-state index < -0.39 is 4.92 Å². The van der Waals surface area contributed by atoms with Gasteiger partial charge in [-0.25, -0.2) is 0 Å². The lowest BCUT2D eigenvalue weighted by Crippen LogP contribution is -1.97. The number of nitrogens with two attached hydrogens (primary N) is 1. The number of ether oxygens (including phenoxy) is 1. The molecule has 0 amide bonds. The fourth-order valence-electron chi connectivity index (χ4n) is 1.38. The molecular formula is C11H5Br2Cl2N3O3. The Labute approximate surface area is 145 Å². The molecule has 2 rings (SSSR count). The number of nitro groups is 1. The normalized spacial score (nSPS) is 10.5. The Hall–Kier alpha value is -1.09. The van der Waals surface area contributed by atoms with Gasteiger partial charge in [0.05, 0.1) is 18.9 Å². The van der Waals surface area contributed by atoms with Gasteiger partial charge in [-0.05, 0) is 37.9 Å². The van der Waals surface area contributed by atoms with Crippen LogP contribution in [0.3, 0.4) is 0 Å². The van der Waals surface area contributed by atoms with Crippen molar-refractivity contribution in [3.05, 3.63) is 47.3 Å². The van der Waals surface area contributed by atoms with E-state index in [1.165, 1.54) is 18.2 Å². The van der Waals surface area contributed by atoms with Gasteiger partial charge >= 0.3 is 0 Å². The Kier molecular flexibility index (Phi) is 4.92. The lowest BCUT2D eigenvalue weighted by molar-refractivity contribution is -0.385. The maximum atomic E-state index is 10.8. The summed E-state index contributed by atoms with van der Waals surface area (Å²) in [5.41, 5.74) is 5.49. The van der Waals surface area contributed by atoms with E-state index in [-0.39, 0.29) is 33.2 Å². The summed E-state index contributed by atoms with van der Waals surface area (Å²) in [4.78, 5) is 14.2. The molecule has 1 aromatic heterocycles. The third-order valence-electron chi connectivity index (χ3n) is 2.32. The molecule has 0 bridgehead atoms. The molecule has 0 unspecified atom stereocenters. The Morgan fingerprint density at radius 3 is 2.29 bits per heavy atom. The van der Waals surface area contributed by atoms with Crippen LogP contribution in [0.1, 0.15) is 0 Å².